The van der Waals surface area contributed by atoms with Gasteiger partial charge in [-0.1, -0.05) is 6.07 Å². The van der Waals surface area contributed by atoms with Crippen LogP contribution >= 0.6 is 11.8 Å². The lowest BCUT2D eigenvalue weighted by Crippen LogP contribution is -2.19. The van der Waals surface area contributed by atoms with Crippen molar-refractivity contribution in [3.63, 3.8) is 0 Å². The maximum atomic E-state index is 4.07. The fourth-order valence-electron chi connectivity index (χ4n) is 1.08. The molecule has 13 heavy (non-hydrogen) atoms. The highest BCUT2D eigenvalue weighted by Gasteiger charge is 1.90. The van der Waals surface area contributed by atoms with Crippen LogP contribution in [0.4, 0.5) is 0 Å². The lowest BCUT2D eigenvalue weighted by atomic mass is 10.2. The summed E-state index contributed by atoms with van der Waals surface area (Å²) in [6.07, 6.45) is 6.94. The Morgan fingerprint density at radius 3 is 3.08 bits per heavy atom. The summed E-state index contributed by atoms with van der Waals surface area (Å²) in [6, 6.07) is 4.10. The molecule has 0 atom stereocenters. The topological polar surface area (TPSA) is 24.9 Å². The molecule has 0 radical (unpaired) electrons. The highest BCUT2D eigenvalue weighted by atomic mass is 32.2. The molecule has 1 N–H and O–H groups in total. The van der Waals surface area contributed by atoms with Gasteiger partial charge in [0, 0.05) is 24.7 Å². The summed E-state index contributed by atoms with van der Waals surface area (Å²) in [7, 11) is 0. The van der Waals surface area contributed by atoms with Crippen LogP contribution in [-0.2, 0) is 6.42 Å². The molecule has 0 saturated heterocycles. The van der Waals surface area contributed by atoms with Crippen LogP contribution in [0.3, 0.4) is 0 Å². The van der Waals surface area contributed by atoms with Gasteiger partial charge in [0.15, 0.2) is 0 Å². The van der Waals surface area contributed by atoms with Gasteiger partial charge in [-0.2, -0.15) is 11.8 Å². The van der Waals surface area contributed by atoms with Gasteiger partial charge in [0.1, 0.15) is 0 Å². The molecule has 1 aromatic rings. The Bertz CT molecular complexity index is 213. The predicted octanol–water partition coefficient (Wildman–Crippen LogP) is 1.58. The highest BCUT2D eigenvalue weighted by Crippen LogP contribution is 1.95. The van der Waals surface area contributed by atoms with Crippen molar-refractivity contribution in [2.24, 2.45) is 0 Å². The van der Waals surface area contributed by atoms with E-state index in [1.54, 1.807) is 0 Å². The van der Waals surface area contributed by atoms with Crippen LogP contribution < -0.4 is 5.32 Å². The van der Waals surface area contributed by atoms with E-state index in [0.717, 1.165) is 19.5 Å². The Morgan fingerprint density at radius 2 is 2.38 bits per heavy atom. The largest absolute Gasteiger partial charge is 0.316 e. The Labute approximate surface area is 84.1 Å². The summed E-state index contributed by atoms with van der Waals surface area (Å²) in [6.45, 7) is 2.15. The fraction of sp³-hybridized carbons (Fsp3) is 0.500. The number of nitrogens with zero attached hydrogens (tertiary/aromatic N) is 1. The van der Waals surface area contributed by atoms with Crippen molar-refractivity contribution in [3.05, 3.63) is 30.1 Å². The van der Waals surface area contributed by atoms with Crippen LogP contribution in [0.2, 0.25) is 0 Å². The maximum absolute atomic E-state index is 4.07. The molecule has 0 spiro atoms. The van der Waals surface area contributed by atoms with Gasteiger partial charge >= 0.3 is 0 Å². The first-order valence-corrected chi connectivity index (χ1v) is 5.91. The van der Waals surface area contributed by atoms with Gasteiger partial charge in [-0.15, -0.1) is 0 Å². The van der Waals surface area contributed by atoms with Crippen LogP contribution in [0.25, 0.3) is 0 Å². The molecule has 1 rings (SSSR count). The number of nitrogens with one attached hydrogen (secondary N) is 1. The molecule has 0 saturated carbocycles. The van der Waals surface area contributed by atoms with Crippen molar-refractivity contribution in [1.29, 1.82) is 0 Å². The third-order valence-electron chi connectivity index (χ3n) is 1.80. The normalized spacial score (nSPS) is 10.2. The number of thioether (sulfide) groups is 1. The number of rotatable bonds is 6. The minimum absolute atomic E-state index is 1.05. The van der Waals surface area contributed by atoms with E-state index in [1.165, 1.54) is 11.3 Å². The van der Waals surface area contributed by atoms with E-state index in [4.69, 9.17) is 0 Å². The molecule has 0 aliphatic carbocycles. The Morgan fingerprint density at radius 1 is 1.46 bits per heavy atom. The molecule has 0 fully saturated rings. The standard InChI is InChI=1S/C10H16N2S/c1-13-8-7-11-6-4-10-3-2-5-12-9-10/h2-3,5,9,11H,4,6-8H2,1H3. The lowest BCUT2D eigenvalue weighted by Gasteiger charge is -2.02. The quantitative estimate of drug-likeness (QED) is 0.699. The average molecular weight is 196 g/mol. The van der Waals surface area contributed by atoms with Gasteiger partial charge in [0.25, 0.3) is 0 Å². The number of pyridine rings is 1. The average Bonchev–Trinajstić information content (AvgIpc) is 2.19. The van der Waals surface area contributed by atoms with E-state index >= 15 is 0 Å². The van der Waals surface area contributed by atoms with Crippen LogP contribution in [-0.4, -0.2) is 30.1 Å². The highest BCUT2D eigenvalue weighted by molar-refractivity contribution is 7.98. The van der Waals surface area contributed by atoms with Crippen molar-refractivity contribution in [2.75, 3.05) is 25.1 Å². The molecule has 3 heteroatoms. The zero-order valence-corrected chi connectivity index (χ0v) is 8.81. The second-order valence-electron chi connectivity index (χ2n) is 2.85. The van der Waals surface area contributed by atoms with Crippen LogP contribution in [0.1, 0.15) is 5.56 Å². The van der Waals surface area contributed by atoms with Gasteiger partial charge < -0.3 is 5.32 Å². The summed E-state index contributed by atoms with van der Waals surface area (Å²) in [4.78, 5) is 4.07. The molecule has 1 heterocycles. The van der Waals surface area contributed by atoms with Crippen LogP contribution in [0.5, 0.6) is 0 Å². The Kier molecular flexibility index (Phi) is 5.61. The van der Waals surface area contributed by atoms with Gasteiger partial charge in [0.2, 0.25) is 0 Å². The first-order valence-electron chi connectivity index (χ1n) is 4.52. The first kappa shape index (κ1) is 10.5. The lowest BCUT2D eigenvalue weighted by molar-refractivity contribution is 0.720. The third kappa shape index (κ3) is 4.90. The van der Waals surface area contributed by atoms with Crippen LogP contribution in [0.15, 0.2) is 24.5 Å². The SMILES string of the molecule is CSCCNCCc1cccnc1. The third-order valence-corrected chi connectivity index (χ3v) is 2.41. The van der Waals surface area contributed by atoms with Crippen molar-refractivity contribution >= 4 is 11.8 Å². The monoisotopic (exact) mass is 196 g/mol. The second kappa shape index (κ2) is 6.92. The summed E-state index contributed by atoms with van der Waals surface area (Å²) in [5.74, 6) is 1.19. The molecular weight excluding hydrogens is 180 g/mol. The second-order valence-corrected chi connectivity index (χ2v) is 3.84. The number of hydrogen-bond donors (Lipinski definition) is 1. The van der Waals surface area contributed by atoms with Crippen molar-refractivity contribution < 1.29 is 0 Å². The summed E-state index contributed by atoms with van der Waals surface area (Å²) < 4.78 is 0. The minimum atomic E-state index is 1.05. The van der Waals surface area contributed by atoms with Gasteiger partial charge in [0.05, 0.1) is 0 Å². The molecular formula is C10H16N2S. The predicted molar refractivity (Wildman–Crippen MR) is 59.2 cm³/mol. The molecule has 0 bridgehead atoms. The zero-order valence-electron chi connectivity index (χ0n) is 7.99. The summed E-state index contributed by atoms with van der Waals surface area (Å²) >= 11 is 1.87. The molecule has 0 aliphatic rings. The molecule has 0 aromatic carbocycles. The molecule has 1 aromatic heterocycles. The van der Waals surface area contributed by atoms with Gasteiger partial charge in [-0.05, 0) is 30.9 Å². The summed E-state index contributed by atoms with van der Waals surface area (Å²) in [5, 5.41) is 3.39. The molecule has 72 valence electrons. The number of aromatic nitrogens is 1. The molecule has 0 aliphatic heterocycles. The van der Waals surface area contributed by atoms with Crippen molar-refractivity contribution in [2.45, 2.75) is 6.42 Å². The zero-order chi connectivity index (χ0) is 9.36. The van der Waals surface area contributed by atoms with E-state index in [-0.39, 0.29) is 0 Å². The Hall–Kier alpha value is -0.540. The molecule has 0 amide bonds. The van der Waals surface area contributed by atoms with Crippen LogP contribution in [0, 0.1) is 0 Å². The van der Waals surface area contributed by atoms with Gasteiger partial charge in [-0.3, -0.25) is 4.98 Å². The summed E-state index contributed by atoms with van der Waals surface area (Å²) in [5.41, 5.74) is 1.30. The van der Waals surface area contributed by atoms with E-state index in [2.05, 4.69) is 22.6 Å². The van der Waals surface area contributed by atoms with E-state index in [9.17, 15) is 0 Å². The minimum Gasteiger partial charge on any atom is -0.316 e. The van der Waals surface area contributed by atoms with Crippen molar-refractivity contribution in [1.82, 2.24) is 10.3 Å². The molecule has 2 nitrogen and oxygen atoms in total. The molecule has 0 unspecified atom stereocenters. The number of hydrogen-bond acceptors (Lipinski definition) is 3. The van der Waals surface area contributed by atoms with Crippen molar-refractivity contribution in [3.8, 4) is 0 Å². The fourth-order valence-corrected chi connectivity index (χ4v) is 1.43. The maximum Gasteiger partial charge on any atom is 0.0300 e. The van der Waals surface area contributed by atoms with E-state index in [1.807, 2.05) is 30.2 Å². The van der Waals surface area contributed by atoms with Gasteiger partial charge in [-0.25, -0.2) is 0 Å². The smallest absolute Gasteiger partial charge is 0.0300 e. The van der Waals surface area contributed by atoms with E-state index in [0.29, 0.717) is 0 Å². The first-order chi connectivity index (χ1) is 6.43. The Balaban J connectivity index is 2.07. The van der Waals surface area contributed by atoms with E-state index < -0.39 is 0 Å².